The zero-order valence-electron chi connectivity index (χ0n) is 7.13. The molecule has 2 unspecified atom stereocenters. The van der Waals surface area contributed by atoms with Crippen molar-refractivity contribution in [3.8, 4) is 0 Å². The van der Waals surface area contributed by atoms with Crippen molar-refractivity contribution in [3.63, 3.8) is 0 Å². The van der Waals surface area contributed by atoms with Gasteiger partial charge in [0.05, 0.1) is 6.04 Å². The predicted molar refractivity (Wildman–Crippen MR) is 45.3 cm³/mol. The lowest BCUT2D eigenvalue weighted by atomic mass is 10.1. The number of piperazine rings is 1. The first-order chi connectivity index (χ1) is 5.77. The first-order valence-electron chi connectivity index (χ1n) is 4.13. The highest BCUT2D eigenvalue weighted by atomic mass is 16.3. The number of aliphatic hydroxyl groups is 1. The third kappa shape index (κ3) is 2.08. The van der Waals surface area contributed by atoms with Crippen LogP contribution in [-0.4, -0.2) is 36.3 Å². The van der Waals surface area contributed by atoms with Crippen LogP contribution in [-0.2, 0) is 4.79 Å². The van der Waals surface area contributed by atoms with Crippen molar-refractivity contribution in [1.29, 1.82) is 0 Å². The van der Waals surface area contributed by atoms with Crippen LogP contribution in [0, 0.1) is 0 Å². The van der Waals surface area contributed by atoms with E-state index in [2.05, 4.69) is 10.6 Å². The molecule has 1 saturated heterocycles. The van der Waals surface area contributed by atoms with E-state index in [1.165, 1.54) is 0 Å². The first-order valence-corrected chi connectivity index (χ1v) is 4.13. The van der Waals surface area contributed by atoms with Crippen molar-refractivity contribution >= 4 is 5.94 Å². The molecule has 4 heteroatoms. The van der Waals surface area contributed by atoms with Gasteiger partial charge in [-0.25, -0.2) is 4.79 Å². The molecule has 1 fully saturated rings. The molecule has 1 aliphatic heterocycles. The van der Waals surface area contributed by atoms with E-state index < -0.39 is 0 Å². The SMILES string of the molecule is CC1CNC(CCO)C(=C=O)N1. The molecule has 2 atom stereocenters. The number of hydrogen-bond donors (Lipinski definition) is 3. The molecule has 0 saturated carbocycles. The van der Waals surface area contributed by atoms with E-state index in [1.807, 2.05) is 12.9 Å². The second-order valence-corrected chi connectivity index (χ2v) is 3.03. The van der Waals surface area contributed by atoms with E-state index in [0.29, 0.717) is 12.1 Å². The van der Waals surface area contributed by atoms with Gasteiger partial charge < -0.3 is 15.7 Å². The van der Waals surface area contributed by atoms with Gasteiger partial charge in [0.15, 0.2) is 0 Å². The third-order valence-corrected chi connectivity index (χ3v) is 1.95. The minimum absolute atomic E-state index is 0.0521. The predicted octanol–water partition coefficient (Wildman–Crippen LogP) is -0.966. The number of aliphatic hydroxyl groups excluding tert-OH is 1. The molecule has 0 aliphatic carbocycles. The van der Waals surface area contributed by atoms with Crippen LogP contribution in [0.5, 0.6) is 0 Å². The van der Waals surface area contributed by atoms with Gasteiger partial charge in [-0.2, -0.15) is 0 Å². The molecule has 68 valence electrons. The smallest absolute Gasteiger partial charge is 0.147 e. The minimum Gasteiger partial charge on any atom is -0.396 e. The number of rotatable bonds is 2. The largest absolute Gasteiger partial charge is 0.396 e. The lowest BCUT2D eigenvalue weighted by Crippen LogP contribution is -2.51. The number of nitrogens with one attached hydrogen (secondary N) is 2. The summed E-state index contributed by atoms with van der Waals surface area (Å²) in [6.45, 7) is 2.88. The Labute approximate surface area is 71.7 Å². The van der Waals surface area contributed by atoms with Gasteiger partial charge in [0.1, 0.15) is 11.6 Å². The van der Waals surface area contributed by atoms with Crippen LogP contribution in [0.4, 0.5) is 0 Å². The maximum Gasteiger partial charge on any atom is 0.147 e. The molecule has 1 rings (SSSR count). The molecule has 12 heavy (non-hydrogen) atoms. The zero-order chi connectivity index (χ0) is 8.97. The highest BCUT2D eigenvalue weighted by molar-refractivity contribution is 5.54. The number of carbonyl (C=O) groups excluding carboxylic acids is 1. The first kappa shape index (κ1) is 9.26. The van der Waals surface area contributed by atoms with Gasteiger partial charge in [-0.3, -0.25) is 0 Å². The van der Waals surface area contributed by atoms with Crippen molar-refractivity contribution in [1.82, 2.24) is 10.6 Å². The summed E-state index contributed by atoms with van der Waals surface area (Å²) in [5, 5.41) is 14.9. The van der Waals surface area contributed by atoms with Crippen LogP contribution in [0.2, 0.25) is 0 Å². The fraction of sp³-hybridized carbons (Fsp3) is 0.750. The van der Waals surface area contributed by atoms with Crippen molar-refractivity contribution in [2.75, 3.05) is 13.2 Å². The topological polar surface area (TPSA) is 61.4 Å². The second kappa shape index (κ2) is 4.26. The maximum atomic E-state index is 10.4. The summed E-state index contributed by atoms with van der Waals surface area (Å²) in [6, 6.07) is 0.208. The average Bonchev–Trinajstić information content (AvgIpc) is 2.08. The Morgan fingerprint density at radius 2 is 2.50 bits per heavy atom. The lowest BCUT2D eigenvalue weighted by molar-refractivity contribution is 0.261. The Hall–Kier alpha value is -0.830. The molecule has 0 bridgehead atoms. The highest BCUT2D eigenvalue weighted by Gasteiger charge is 2.21. The third-order valence-electron chi connectivity index (χ3n) is 1.95. The Morgan fingerprint density at radius 3 is 3.08 bits per heavy atom. The van der Waals surface area contributed by atoms with Crippen LogP contribution < -0.4 is 10.6 Å². The van der Waals surface area contributed by atoms with E-state index in [0.717, 1.165) is 6.54 Å². The molecular formula is C8H14N2O2. The molecule has 1 aliphatic rings. The fourth-order valence-corrected chi connectivity index (χ4v) is 1.31. The molecule has 0 aromatic carbocycles. The van der Waals surface area contributed by atoms with Gasteiger partial charge in [0.25, 0.3) is 0 Å². The average molecular weight is 170 g/mol. The van der Waals surface area contributed by atoms with E-state index in [-0.39, 0.29) is 18.7 Å². The summed E-state index contributed by atoms with van der Waals surface area (Å²) in [5.74, 6) is 1.85. The van der Waals surface area contributed by atoms with Gasteiger partial charge in [0, 0.05) is 19.2 Å². The van der Waals surface area contributed by atoms with Gasteiger partial charge in [-0.15, -0.1) is 0 Å². The molecule has 0 spiro atoms. The zero-order valence-corrected chi connectivity index (χ0v) is 7.13. The Kier molecular flexibility index (Phi) is 3.29. The van der Waals surface area contributed by atoms with Crippen molar-refractivity contribution in [2.24, 2.45) is 0 Å². The van der Waals surface area contributed by atoms with Crippen LogP contribution in [0.3, 0.4) is 0 Å². The maximum absolute atomic E-state index is 10.4. The molecule has 0 amide bonds. The van der Waals surface area contributed by atoms with Crippen molar-refractivity contribution < 1.29 is 9.90 Å². The van der Waals surface area contributed by atoms with Gasteiger partial charge >= 0.3 is 0 Å². The summed E-state index contributed by atoms with van der Waals surface area (Å²) in [5.41, 5.74) is 0.530. The van der Waals surface area contributed by atoms with Crippen LogP contribution in [0.15, 0.2) is 5.70 Å². The van der Waals surface area contributed by atoms with E-state index in [9.17, 15) is 4.79 Å². The Morgan fingerprint density at radius 1 is 1.75 bits per heavy atom. The molecule has 4 nitrogen and oxygen atoms in total. The standard InChI is InChI=1S/C8H14N2O2/c1-6-4-9-7(2-3-11)8(5-12)10-6/h6-7,9-11H,2-4H2,1H3. The van der Waals surface area contributed by atoms with E-state index in [1.54, 1.807) is 0 Å². The molecule has 0 aromatic rings. The lowest BCUT2D eigenvalue weighted by Gasteiger charge is -2.29. The number of hydrogen-bond acceptors (Lipinski definition) is 4. The molecule has 0 aromatic heterocycles. The van der Waals surface area contributed by atoms with Gasteiger partial charge in [-0.1, -0.05) is 0 Å². The van der Waals surface area contributed by atoms with Gasteiger partial charge in [0.2, 0.25) is 0 Å². The normalized spacial score (nSPS) is 29.3. The Bertz CT molecular complexity index is 199. The summed E-state index contributed by atoms with van der Waals surface area (Å²) >= 11 is 0. The summed E-state index contributed by atoms with van der Waals surface area (Å²) in [7, 11) is 0. The van der Waals surface area contributed by atoms with E-state index >= 15 is 0 Å². The van der Waals surface area contributed by atoms with Crippen molar-refractivity contribution in [3.05, 3.63) is 5.70 Å². The molecule has 0 radical (unpaired) electrons. The van der Waals surface area contributed by atoms with E-state index in [4.69, 9.17) is 5.11 Å². The highest BCUT2D eigenvalue weighted by Crippen LogP contribution is 2.05. The van der Waals surface area contributed by atoms with Gasteiger partial charge in [-0.05, 0) is 13.3 Å². The van der Waals surface area contributed by atoms with Crippen LogP contribution in [0.25, 0.3) is 0 Å². The quantitative estimate of drug-likeness (QED) is 0.467. The van der Waals surface area contributed by atoms with Crippen molar-refractivity contribution in [2.45, 2.75) is 25.4 Å². The monoisotopic (exact) mass is 170 g/mol. The second-order valence-electron chi connectivity index (χ2n) is 3.03. The minimum atomic E-state index is -0.0521. The summed E-state index contributed by atoms with van der Waals surface area (Å²) in [4.78, 5) is 10.4. The molecule has 3 N–H and O–H groups in total. The molecule has 1 heterocycles. The fourth-order valence-electron chi connectivity index (χ4n) is 1.31. The van der Waals surface area contributed by atoms with Crippen LogP contribution in [0.1, 0.15) is 13.3 Å². The molecular weight excluding hydrogens is 156 g/mol. The Balaban J connectivity index is 2.57. The summed E-state index contributed by atoms with van der Waals surface area (Å²) < 4.78 is 0. The van der Waals surface area contributed by atoms with Crippen LogP contribution >= 0.6 is 0 Å². The summed E-state index contributed by atoms with van der Waals surface area (Å²) in [6.07, 6.45) is 0.560.